The van der Waals surface area contributed by atoms with Crippen molar-refractivity contribution in [3.8, 4) is 0 Å². The minimum atomic E-state index is -0.546. The van der Waals surface area contributed by atoms with Gasteiger partial charge in [-0.1, -0.05) is 28.1 Å². The highest BCUT2D eigenvalue weighted by atomic mass is 79.9. The van der Waals surface area contributed by atoms with Crippen LogP contribution < -0.4 is 0 Å². The fourth-order valence-electron chi connectivity index (χ4n) is 2.57. The summed E-state index contributed by atoms with van der Waals surface area (Å²) in [7, 11) is 1.75. The number of ether oxygens (including phenoxy) is 1. The predicted octanol–water partition coefficient (Wildman–Crippen LogP) is 3.31. The van der Waals surface area contributed by atoms with E-state index in [4.69, 9.17) is 4.74 Å². The maximum absolute atomic E-state index is 10.6. The summed E-state index contributed by atoms with van der Waals surface area (Å²) in [6.07, 6.45) is 4.65. The molecule has 1 N–H and O–H groups in total. The maximum atomic E-state index is 10.6. The third kappa shape index (κ3) is 3.54. The van der Waals surface area contributed by atoms with Crippen LogP contribution >= 0.6 is 15.9 Å². The number of halogens is 1. The molecule has 1 saturated carbocycles. The molecule has 3 heteroatoms. The molecule has 1 aliphatic rings. The van der Waals surface area contributed by atoms with Crippen LogP contribution in [0.4, 0.5) is 0 Å². The number of aliphatic hydroxyl groups is 1. The quantitative estimate of drug-likeness (QED) is 0.928. The van der Waals surface area contributed by atoms with Gasteiger partial charge >= 0.3 is 0 Å². The zero-order valence-electron chi connectivity index (χ0n) is 10.2. The number of rotatable bonds is 3. The number of benzene rings is 1. The summed E-state index contributed by atoms with van der Waals surface area (Å²) in [6.45, 7) is 0. The topological polar surface area (TPSA) is 29.5 Å². The lowest BCUT2D eigenvalue weighted by molar-refractivity contribution is -0.0427. The molecule has 1 aliphatic carbocycles. The average molecular weight is 299 g/mol. The normalized spacial score (nSPS) is 29.2. The first-order chi connectivity index (χ1) is 8.11. The minimum Gasteiger partial charge on any atom is -0.390 e. The Balaban J connectivity index is 1.99. The molecule has 0 amide bonds. The van der Waals surface area contributed by atoms with Crippen molar-refractivity contribution in [2.75, 3.05) is 7.11 Å². The Hall–Kier alpha value is -0.380. The summed E-state index contributed by atoms with van der Waals surface area (Å²) < 4.78 is 6.41. The molecule has 0 spiro atoms. The Bertz CT molecular complexity index is 370. The molecule has 0 atom stereocenters. The highest BCUT2D eigenvalue weighted by molar-refractivity contribution is 9.10. The maximum Gasteiger partial charge on any atom is 0.0689 e. The van der Waals surface area contributed by atoms with E-state index in [0.717, 1.165) is 36.6 Å². The third-order valence-electron chi connectivity index (χ3n) is 3.62. The van der Waals surface area contributed by atoms with Crippen LogP contribution in [0.15, 0.2) is 28.7 Å². The van der Waals surface area contributed by atoms with Gasteiger partial charge in [0.1, 0.15) is 0 Å². The van der Waals surface area contributed by atoms with Crippen molar-refractivity contribution in [3.63, 3.8) is 0 Å². The molecule has 94 valence electrons. The average Bonchev–Trinajstić information content (AvgIpc) is 2.29. The fraction of sp³-hybridized carbons (Fsp3) is 0.571. The summed E-state index contributed by atoms with van der Waals surface area (Å²) in [4.78, 5) is 0. The smallest absolute Gasteiger partial charge is 0.0689 e. The zero-order chi connectivity index (χ0) is 12.3. The second kappa shape index (κ2) is 5.51. The van der Waals surface area contributed by atoms with E-state index in [2.05, 4.69) is 28.1 Å². The van der Waals surface area contributed by atoms with Gasteiger partial charge in [0.05, 0.1) is 11.7 Å². The Morgan fingerprint density at radius 1 is 1.41 bits per heavy atom. The summed E-state index contributed by atoms with van der Waals surface area (Å²) in [5.41, 5.74) is 0.647. The largest absolute Gasteiger partial charge is 0.390 e. The van der Waals surface area contributed by atoms with E-state index in [0.29, 0.717) is 6.10 Å². The van der Waals surface area contributed by atoms with E-state index in [1.807, 2.05) is 12.1 Å². The van der Waals surface area contributed by atoms with E-state index in [1.54, 1.807) is 7.11 Å². The Morgan fingerprint density at radius 3 is 2.71 bits per heavy atom. The molecule has 0 aliphatic heterocycles. The van der Waals surface area contributed by atoms with Crippen LogP contribution in [-0.2, 0) is 11.2 Å². The van der Waals surface area contributed by atoms with Gasteiger partial charge in [0.25, 0.3) is 0 Å². The molecular formula is C14H19BrO2. The molecule has 0 bridgehead atoms. The van der Waals surface area contributed by atoms with Crippen molar-refractivity contribution in [1.29, 1.82) is 0 Å². The summed E-state index contributed by atoms with van der Waals surface area (Å²) in [5, 5.41) is 10.6. The predicted molar refractivity (Wildman–Crippen MR) is 72.1 cm³/mol. The molecule has 0 aromatic heterocycles. The summed E-state index contributed by atoms with van der Waals surface area (Å²) >= 11 is 3.46. The lowest BCUT2D eigenvalue weighted by Gasteiger charge is -2.35. The SMILES string of the molecule is COC1CCC(O)(Cc2cccc(Br)c2)CC1. The first kappa shape index (κ1) is 13.1. The Morgan fingerprint density at radius 2 is 2.12 bits per heavy atom. The van der Waals surface area contributed by atoms with Gasteiger partial charge in [0, 0.05) is 18.0 Å². The van der Waals surface area contributed by atoms with Crippen molar-refractivity contribution in [1.82, 2.24) is 0 Å². The van der Waals surface area contributed by atoms with Crippen molar-refractivity contribution in [3.05, 3.63) is 34.3 Å². The van der Waals surface area contributed by atoms with Crippen LogP contribution in [0.2, 0.25) is 0 Å². The molecule has 2 rings (SSSR count). The third-order valence-corrected chi connectivity index (χ3v) is 4.11. The minimum absolute atomic E-state index is 0.331. The molecule has 1 aromatic carbocycles. The van der Waals surface area contributed by atoms with Crippen molar-refractivity contribution >= 4 is 15.9 Å². The highest BCUT2D eigenvalue weighted by Gasteiger charge is 2.33. The van der Waals surface area contributed by atoms with Crippen LogP contribution in [-0.4, -0.2) is 23.9 Å². The van der Waals surface area contributed by atoms with E-state index < -0.39 is 5.60 Å². The first-order valence-corrected chi connectivity index (χ1v) is 6.90. The number of hydrogen-bond donors (Lipinski definition) is 1. The van der Waals surface area contributed by atoms with E-state index in [9.17, 15) is 5.11 Å². The Kier molecular flexibility index (Phi) is 4.23. The summed E-state index contributed by atoms with van der Waals surface area (Å²) in [6, 6.07) is 8.18. The molecule has 0 saturated heterocycles. The monoisotopic (exact) mass is 298 g/mol. The van der Waals surface area contributed by atoms with Crippen molar-refractivity contribution < 1.29 is 9.84 Å². The molecule has 1 fully saturated rings. The van der Waals surface area contributed by atoms with Gasteiger partial charge in [0.2, 0.25) is 0 Å². The number of hydrogen-bond acceptors (Lipinski definition) is 2. The van der Waals surface area contributed by atoms with Gasteiger partial charge in [-0.25, -0.2) is 0 Å². The molecular weight excluding hydrogens is 280 g/mol. The van der Waals surface area contributed by atoms with Gasteiger partial charge in [-0.05, 0) is 43.4 Å². The van der Waals surface area contributed by atoms with Crippen molar-refractivity contribution in [2.24, 2.45) is 0 Å². The molecule has 0 heterocycles. The van der Waals surface area contributed by atoms with Crippen molar-refractivity contribution in [2.45, 2.75) is 43.8 Å². The molecule has 1 aromatic rings. The fourth-order valence-corrected chi connectivity index (χ4v) is 3.01. The van der Waals surface area contributed by atoms with Crippen LogP contribution in [0.1, 0.15) is 31.2 Å². The molecule has 0 radical (unpaired) electrons. The standard InChI is InChI=1S/C14H19BrO2/c1-17-13-5-7-14(16,8-6-13)10-11-3-2-4-12(15)9-11/h2-4,9,13,16H,5-8,10H2,1H3. The number of methoxy groups -OCH3 is 1. The van der Waals surface area contributed by atoms with Crippen LogP contribution in [0, 0.1) is 0 Å². The van der Waals surface area contributed by atoms with Crippen LogP contribution in [0.5, 0.6) is 0 Å². The van der Waals surface area contributed by atoms with Gasteiger partial charge in [-0.3, -0.25) is 0 Å². The summed E-state index contributed by atoms with van der Waals surface area (Å²) in [5.74, 6) is 0. The second-order valence-electron chi connectivity index (χ2n) is 4.97. The van der Waals surface area contributed by atoms with Crippen LogP contribution in [0.25, 0.3) is 0 Å². The molecule has 0 unspecified atom stereocenters. The van der Waals surface area contributed by atoms with Gasteiger partial charge < -0.3 is 9.84 Å². The van der Waals surface area contributed by atoms with Crippen LogP contribution in [0.3, 0.4) is 0 Å². The van der Waals surface area contributed by atoms with E-state index >= 15 is 0 Å². The van der Waals surface area contributed by atoms with E-state index in [1.165, 1.54) is 5.56 Å². The first-order valence-electron chi connectivity index (χ1n) is 6.11. The van der Waals surface area contributed by atoms with E-state index in [-0.39, 0.29) is 0 Å². The highest BCUT2D eigenvalue weighted by Crippen LogP contribution is 2.32. The molecule has 2 nitrogen and oxygen atoms in total. The van der Waals surface area contributed by atoms with Gasteiger partial charge in [-0.2, -0.15) is 0 Å². The van der Waals surface area contributed by atoms with Gasteiger partial charge in [0.15, 0.2) is 0 Å². The zero-order valence-corrected chi connectivity index (χ0v) is 11.7. The van der Waals surface area contributed by atoms with Gasteiger partial charge in [-0.15, -0.1) is 0 Å². The molecule has 17 heavy (non-hydrogen) atoms. The lowest BCUT2D eigenvalue weighted by Crippen LogP contribution is -2.38. The lowest BCUT2D eigenvalue weighted by atomic mass is 9.79. The Labute approximate surface area is 111 Å². The second-order valence-corrected chi connectivity index (χ2v) is 5.88.